The Hall–Kier alpha value is -3.16. The number of aliphatic carboxylic acids is 1. The molecule has 0 saturated carbocycles. The van der Waals surface area contributed by atoms with Crippen LogP contribution in [-0.2, 0) is 11.3 Å². The van der Waals surface area contributed by atoms with Crippen LogP contribution in [0, 0.1) is 6.92 Å². The third-order valence-corrected chi connectivity index (χ3v) is 3.40. The van der Waals surface area contributed by atoms with E-state index in [-0.39, 0.29) is 0 Å². The lowest BCUT2D eigenvalue weighted by molar-refractivity contribution is -0.137. The minimum Gasteiger partial charge on any atom is -0.480 e. The number of carboxylic acids is 1. The standard InChI is InChI=1S/C14H12N4O4/c1-7-2-9-11(3-8(7)10-4-15-6-16-10)18(5-12(19)20)14(22)13(21)17-9/h2-4,6H,5H2,1H3,(H,15,16)(H,17,21)(H,19,20). The quantitative estimate of drug-likeness (QED) is 0.607. The summed E-state index contributed by atoms with van der Waals surface area (Å²) < 4.78 is 0.954. The average molecular weight is 300 g/mol. The number of rotatable bonds is 3. The number of hydrogen-bond acceptors (Lipinski definition) is 4. The maximum Gasteiger partial charge on any atom is 0.323 e. The molecule has 0 radical (unpaired) electrons. The molecule has 0 amide bonds. The topological polar surface area (TPSA) is 121 Å². The molecule has 1 aromatic carbocycles. The SMILES string of the molecule is Cc1cc2[nH]c(=O)c(=O)n(CC(=O)O)c2cc1-c1cnc[nH]1. The maximum absolute atomic E-state index is 11.9. The van der Waals surface area contributed by atoms with Gasteiger partial charge in [-0.3, -0.25) is 19.0 Å². The van der Waals surface area contributed by atoms with Gasteiger partial charge < -0.3 is 15.1 Å². The number of nitrogens with one attached hydrogen (secondary N) is 2. The highest BCUT2D eigenvalue weighted by Gasteiger charge is 2.13. The number of benzene rings is 1. The summed E-state index contributed by atoms with van der Waals surface area (Å²) in [5.41, 5.74) is 1.38. The first-order valence-corrected chi connectivity index (χ1v) is 6.45. The summed E-state index contributed by atoms with van der Waals surface area (Å²) in [7, 11) is 0. The molecule has 3 rings (SSSR count). The van der Waals surface area contributed by atoms with E-state index in [1.165, 1.54) is 6.33 Å². The van der Waals surface area contributed by atoms with Gasteiger partial charge in [0.05, 0.1) is 29.3 Å². The number of hydrogen-bond donors (Lipinski definition) is 3. The van der Waals surface area contributed by atoms with Crippen LogP contribution in [0.4, 0.5) is 0 Å². The van der Waals surface area contributed by atoms with E-state index in [1.807, 2.05) is 6.92 Å². The third kappa shape index (κ3) is 2.20. The molecular formula is C14H12N4O4. The molecule has 2 aromatic heterocycles. The second kappa shape index (κ2) is 4.99. The number of carbonyl (C=O) groups is 1. The van der Waals surface area contributed by atoms with Crippen LogP contribution in [0.2, 0.25) is 0 Å². The number of imidazole rings is 1. The molecule has 0 unspecified atom stereocenters. The van der Waals surface area contributed by atoms with Crippen LogP contribution in [-0.4, -0.2) is 30.6 Å². The van der Waals surface area contributed by atoms with Crippen LogP contribution < -0.4 is 11.1 Å². The molecule has 2 heterocycles. The highest BCUT2D eigenvalue weighted by atomic mass is 16.4. The van der Waals surface area contributed by atoms with Crippen LogP contribution >= 0.6 is 0 Å². The molecule has 0 atom stereocenters. The van der Waals surface area contributed by atoms with E-state index in [4.69, 9.17) is 5.11 Å². The zero-order valence-corrected chi connectivity index (χ0v) is 11.6. The number of nitrogens with zero attached hydrogens (tertiary/aromatic N) is 2. The molecule has 112 valence electrons. The van der Waals surface area contributed by atoms with E-state index < -0.39 is 23.6 Å². The van der Waals surface area contributed by atoms with Gasteiger partial charge in [0, 0.05) is 5.56 Å². The van der Waals surface area contributed by atoms with Crippen molar-refractivity contribution in [3.8, 4) is 11.3 Å². The predicted molar refractivity (Wildman–Crippen MR) is 78.8 cm³/mol. The Labute approximate surface area is 123 Å². The van der Waals surface area contributed by atoms with E-state index in [2.05, 4.69) is 15.0 Å². The van der Waals surface area contributed by atoms with Crippen molar-refractivity contribution >= 4 is 17.0 Å². The second-order valence-electron chi connectivity index (χ2n) is 4.89. The first-order chi connectivity index (χ1) is 10.5. The minimum atomic E-state index is -1.20. The highest BCUT2D eigenvalue weighted by Crippen LogP contribution is 2.25. The van der Waals surface area contributed by atoms with E-state index in [1.54, 1.807) is 18.3 Å². The van der Waals surface area contributed by atoms with Gasteiger partial charge in [-0.15, -0.1) is 0 Å². The molecule has 8 nitrogen and oxygen atoms in total. The summed E-state index contributed by atoms with van der Waals surface area (Å²) in [5, 5.41) is 8.96. The smallest absolute Gasteiger partial charge is 0.323 e. The first kappa shape index (κ1) is 13.8. The normalized spacial score (nSPS) is 11.0. The van der Waals surface area contributed by atoms with Crippen molar-refractivity contribution in [1.29, 1.82) is 0 Å². The van der Waals surface area contributed by atoms with Crippen molar-refractivity contribution in [3.05, 3.63) is 50.9 Å². The number of fused-ring (bicyclic) bond motifs is 1. The van der Waals surface area contributed by atoms with Crippen molar-refractivity contribution < 1.29 is 9.90 Å². The number of aromatic amines is 2. The number of H-pyrrole nitrogens is 2. The fourth-order valence-corrected chi connectivity index (χ4v) is 2.41. The lowest BCUT2D eigenvalue weighted by atomic mass is 10.0. The summed E-state index contributed by atoms with van der Waals surface area (Å²) in [6.45, 7) is 1.27. The lowest BCUT2D eigenvalue weighted by Gasteiger charge is -2.11. The molecule has 22 heavy (non-hydrogen) atoms. The van der Waals surface area contributed by atoms with Gasteiger partial charge in [-0.2, -0.15) is 0 Å². The first-order valence-electron chi connectivity index (χ1n) is 6.45. The summed E-state index contributed by atoms with van der Waals surface area (Å²) in [5.74, 6) is -1.20. The molecule has 0 fully saturated rings. The molecule has 0 aliphatic rings. The van der Waals surface area contributed by atoms with Crippen molar-refractivity contribution in [2.75, 3.05) is 0 Å². The average Bonchev–Trinajstić information content (AvgIpc) is 2.97. The van der Waals surface area contributed by atoms with Crippen LogP contribution in [0.25, 0.3) is 22.3 Å². The Balaban J connectivity index is 2.39. The van der Waals surface area contributed by atoms with Gasteiger partial charge in [-0.1, -0.05) is 0 Å². The van der Waals surface area contributed by atoms with Gasteiger partial charge in [0.15, 0.2) is 0 Å². The van der Waals surface area contributed by atoms with Crippen LogP contribution in [0.5, 0.6) is 0 Å². The molecule has 8 heteroatoms. The summed E-state index contributed by atoms with van der Waals surface area (Å²) in [6.07, 6.45) is 3.15. The van der Waals surface area contributed by atoms with Crippen molar-refractivity contribution in [2.24, 2.45) is 0 Å². The minimum absolute atomic E-state index is 0.349. The molecule has 3 N–H and O–H groups in total. The number of aryl methyl sites for hydroxylation is 1. The Morgan fingerprint density at radius 3 is 2.77 bits per heavy atom. The zero-order valence-electron chi connectivity index (χ0n) is 11.6. The maximum atomic E-state index is 11.9. The van der Waals surface area contributed by atoms with Gasteiger partial charge in [-0.05, 0) is 24.6 Å². The summed E-state index contributed by atoms with van der Waals surface area (Å²) in [4.78, 5) is 43.9. The molecule has 0 bridgehead atoms. The molecular weight excluding hydrogens is 288 g/mol. The van der Waals surface area contributed by atoms with Crippen molar-refractivity contribution in [3.63, 3.8) is 0 Å². The Bertz CT molecular complexity index is 982. The Morgan fingerprint density at radius 1 is 1.36 bits per heavy atom. The molecule has 0 spiro atoms. The summed E-state index contributed by atoms with van der Waals surface area (Å²) in [6, 6.07) is 3.36. The van der Waals surface area contributed by atoms with E-state index in [0.29, 0.717) is 11.0 Å². The van der Waals surface area contributed by atoms with Crippen molar-refractivity contribution in [1.82, 2.24) is 19.5 Å². The summed E-state index contributed by atoms with van der Waals surface area (Å²) >= 11 is 0. The van der Waals surface area contributed by atoms with Crippen LogP contribution in [0.3, 0.4) is 0 Å². The zero-order chi connectivity index (χ0) is 15.9. The van der Waals surface area contributed by atoms with Gasteiger partial charge >= 0.3 is 17.1 Å². The number of carboxylic acid groups (broad SMARTS) is 1. The monoisotopic (exact) mass is 300 g/mol. The van der Waals surface area contributed by atoms with Crippen LogP contribution in [0.15, 0.2) is 34.2 Å². The Kier molecular flexibility index (Phi) is 3.13. The van der Waals surface area contributed by atoms with Crippen molar-refractivity contribution in [2.45, 2.75) is 13.5 Å². The molecule has 0 aliphatic heterocycles. The Morgan fingerprint density at radius 2 is 2.14 bits per heavy atom. The van der Waals surface area contributed by atoms with Gasteiger partial charge in [0.25, 0.3) is 0 Å². The third-order valence-electron chi connectivity index (χ3n) is 3.40. The largest absolute Gasteiger partial charge is 0.480 e. The molecule has 0 aliphatic carbocycles. The molecule has 3 aromatic rings. The fraction of sp³-hybridized carbons (Fsp3) is 0.143. The molecule has 0 saturated heterocycles. The van der Waals surface area contributed by atoms with Crippen LogP contribution in [0.1, 0.15) is 5.56 Å². The van der Waals surface area contributed by atoms with Gasteiger partial charge in [-0.25, -0.2) is 4.98 Å². The number of aromatic nitrogens is 4. The highest BCUT2D eigenvalue weighted by molar-refractivity contribution is 5.83. The predicted octanol–water partition coefficient (Wildman–Crippen LogP) is 0.473. The lowest BCUT2D eigenvalue weighted by Crippen LogP contribution is -2.37. The van der Waals surface area contributed by atoms with E-state index in [0.717, 1.165) is 21.4 Å². The van der Waals surface area contributed by atoms with Gasteiger partial charge in [0.2, 0.25) is 0 Å². The second-order valence-corrected chi connectivity index (χ2v) is 4.89. The van der Waals surface area contributed by atoms with E-state index in [9.17, 15) is 14.4 Å². The van der Waals surface area contributed by atoms with Gasteiger partial charge in [0.1, 0.15) is 6.54 Å². The van der Waals surface area contributed by atoms with E-state index >= 15 is 0 Å². The fourth-order valence-electron chi connectivity index (χ4n) is 2.41.